The molecule has 0 aliphatic rings. The molecular weight excluding hydrogens is 284 g/mol. The van der Waals surface area contributed by atoms with Crippen LogP contribution in [0.5, 0.6) is 0 Å². The molecule has 17 heavy (non-hydrogen) atoms. The SMILES string of the molecule is O=C(Cn1cc([As])cn1)Nc1cccc(F)c1. The van der Waals surface area contributed by atoms with Crippen LogP contribution >= 0.6 is 0 Å². The summed E-state index contributed by atoms with van der Waals surface area (Å²) in [4.78, 5) is 11.6. The van der Waals surface area contributed by atoms with Crippen LogP contribution in [0, 0.1) is 5.82 Å². The first-order valence-corrected chi connectivity index (χ1v) is 5.84. The van der Waals surface area contributed by atoms with Gasteiger partial charge in [0.05, 0.1) is 0 Å². The van der Waals surface area contributed by atoms with Crippen molar-refractivity contribution in [1.29, 1.82) is 0 Å². The van der Waals surface area contributed by atoms with Crippen LogP contribution < -0.4 is 9.67 Å². The molecule has 0 aliphatic heterocycles. The number of amides is 1. The number of halogens is 1. The summed E-state index contributed by atoms with van der Waals surface area (Å²) in [6.45, 7) is 0.105. The Hall–Kier alpha value is -1.61. The molecule has 2 radical (unpaired) electrons. The van der Waals surface area contributed by atoms with Gasteiger partial charge in [0.15, 0.2) is 0 Å². The maximum atomic E-state index is 12.9. The summed E-state index contributed by atoms with van der Waals surface area (Å²) in [5.41, 5.74) is 0.439. The Balaban J connectivity index is 1.98. The molecule has 86 valence electrons. The van der Waals surface area contributed by atoms with Crippen molar-refractivity contribution in [2.24, 2.45) is 0 Å². The van der Waals surface area contributed by atoms with Crippen molar-refractivity contribution >= 4 is 32.8 Å². The zero-order valence-corrected chi connectivity index (χ0v) is 10.7. The summed E-state index contributed by atoms with van der Waals surface area (Å²) < 4.78 is 15.3. The topological polar surface area (TPSA) is 46.9 Å². The van der Waals surface area contributed by atoms with Crippen LogP contribution in [0.1, 0.15) is 0 Å². The van der Waals surface area contributed by atoms with Gasteiger partial charge in [0.1, 0.15) is 0 Å². The Labute approximate surface area is 106 Å². The van der Waals surface area contributed by atoms with Gasteiger partial charge in [0.2, 0.25) is 0 Å². The molecule has 0 fully saturated rings. The van der Waals surface area contributed by atoms with E-state index in [1.54, 1.807) is 24.5 Å². The summed E-state index contributed by atoms with van der Waals surface area (Å²) in [7, 11) is 0. The summed E-state index contributed by atoms with van der Waals surface area (Å²) in [6.07, 6.45) is 3.39. The third-order valence-corrected chi connectivity index (χ3v) is 2.52. The number of benzene rings is 1. The first-order chi connectivity index (χ1) is 8.13. The molecule has 6 heteroatoms. The second-order valence-corrected chi connectivity index (χ2v) is 4.54. The number of carbonyl (C=O) groups is 1. The van der Waals surface area contributed by atoms with Gasteiger partial charge >= 0.3 is 106 Å². The molecule has 0 unspecified atom stereocenters. The fraction of sp³-hybridized carbons (Fsp3) is 0.0909. The quantitative estimate of drug-likeness (QED) is 0.836. The normalized spacial score (nSPS) is 10.2. The van der Waals surface area contributed by atoms with Gasteiger partial charge in [-0.3, -0.25) is 0 Å². The van der Waals surface area contributed by atoms with Crippen LogP contribution in [0.2, 0.25) is 0 Å². The van der Waals surface area contributed by atoms with Gasteiger partial charge in [-0.25, -0.2) is 0 Å². The number of hydrogen-bond donors (Lipinski definition) is 1. The Kier molecular flexibility index (Phi) is 3.59. The summed E-state index contributed by atoms with van der Waals surface area (Å²) >= 11 is 2.34. The van der Waals surface area contributed by atoms with E-state index in [9.17, 15) is 9.18 Å². The van der Waals surface area contributed by atoms with E-state index in [0.29, 0.717) is 5.69 Å². The standard InChI is InChI=1S/C11H9AsFN3O/c12-8-5-14-16(6-8)7-11(17)15-10-3-1-2-9(13)4-10/h1-6H,7H2,(H,15,17). The third kappa shape index (κ3) is 3.43. The van der Waals surface area contributed by atoms with E-state index in [-0.39, 0.29) is 18.3 Å². The molecule has 1 aromatic heterocycles. The second-order valence-electron chi connectivity index (χ2n) is 3.45. The molecule has 2 rings (SSSR count). The zero-order chi connectivity index (χ0) is 12.3. The molecule has 1 aromatic carbocycles. The Morgan fingerprint density at radius 1 is 1.53 bits per heavy atom. The summed E-state index contributed by atoms with van der Waals surface area (Å²) in [6, 6.07) is 5.76. The molecule has 0 aliphatic carbocycles. The van der Waals surface area contributed by atoms with Gasteiger partial charge in [0.25, 0.3) is 0 Å². The molecule has 0 saturated heterocycles. The van der Waals surface area contributed by atoms with E-state index in [0.717, 1.165) is 4.35 Å². The molecule has 2 aromatic rings. The van der Waals surface area contributed by atoms with E-state index in [1.165, 1.54) is 16.8 Å². The number of anilines is 1. The Morgan fingerprint density at radius 2 is 2.35 bits per heavy atom. The van der Waals surface area contributed by atoms with E-state index < -0.39 is 0 Å². The number of rotatable bonds is 3. The van der Waals surface area contributed by atoms with Gasteiger partial charge in [-0.15, -0.1) is 0 Å². The molecular formula is C11H9AsFN3O. The van der Waals surface area contributed by atoms with E-state index >= 15 is 0 Å². The van der Waals surface area contributed by atoms with E-state index in [4.69, 9.17) is 0 Å². The summed E-state index contributed by atoms with van der Waals surface area (Å²) in [5.74, 6) is -0.624. The number of hydrogen-bond acceptors (Lipinski definition) is 2. The van der Waals surface area contributed by atoms with Crippen molar-refractivity contribution in [1.82, 2.24) is 9.78 Å². The molecule has 4 nitrogen and oxygen atoms in total. The summed E-state index contributed by atoms with van der Waals surface area (Å²) in [5, 5.41) is 6.58. The van der Waals surface area contributed by atoms with Crippen LogP contribution in [0.3, 0.4) is 0 Å². The van der Waals surface area contributed by atoms with Crippen molar-refractivity contribution in [2.45, 2.75) is 6.54 Å². The fourth-order valence-electron chi connectivity index (χ4n) is 1.35. The van der Waals surface area contributed by atoms with Crippen molar-refractivity contribution in [3.8, 4) is 0 Å². The fourth-order valence-corrected chi connectivity index (χ4v) is 1.74. The molecule has 0 saturated carbocycles. The monoisotopic (exact) mass is 293 g/mol. The maximum absolute atomic E-state index is 12.9. The molecule has 1 heterocycles. The minimum absolute atomic E-state index is 0.105. The van der Waals surface area contributed by atoms with Crippen LogP contribution in [0.4, 0.5) is 10.1 Å². The van der Waals surface area contributed by atoms with E-state index in [2.05, 4.69) is 27.3 Å². The van der Waals surface area contributed by atoms with Crippen molar-refractivity contribution in [2.75, 3.05) is 5.32 Å². The molecule has 0 spiro atoms. The van der Waals surface area contributed by atoms with Crippen LogP contribution in [0.15, 0.2) is 36.7 Å². The number of aromatic nitrogens is 2. The van der Waals surface area contributed by atoms with Crippen LogP contribution in [0.25, 0.3) is 0 Å². The molecule has 1 amide bonds. The van der Waals surface area contributed by atoms with E-state index in [1.807, 2.05) is 0 Å². The first-order valence-electron chi connectivity index (χ1n) is 4.90. The minimum atomic E-state index is -0.380. The first kappa shape index (κ1) is 11.9. The van der Waals surface area contributed by atoms with Crippen LogP contribution in [-0.4, -0.2) is 32.5 Å². The van der Waals surface area contributed by atoms with Gasteiger partial charge in [-0.2, -0.15) is 0 Å². The number of nitrogens with zero attached hydrogens (tertiary/aromatic N) is 2. The third-order valence-electron chi connectivity index (χ3n) is 2.03. The predicted molar refractivity (Wildman–Crippen MR) is 62.6 cm³/mol. The van der Waals surface area contributed by atoms with Gasteiger partial charge in [-0.05, 0) is 0 Å². The average molecular weight is 293 g/mol. The van der Waals surface area contributed by atoms with Crippen LogP contribution in [-0.2, 0) is 11.3 Å². The number of carbonyl (C=O) groups excluding carboxylic acids is 1. The van der Waals surface area contributed by atoms with Crippen molar-refractivity contribution in [3.63, 3.8) is 0 Å². The Bertz CT molecular complexity index is 541. The predicted octanol–water partition coefficient (Wildman–Crippen LogP) is 0.455. The van der Waals surface area contributed by atoms with Gasteiger partial charge in [0, 0.05) is 0 Å². The van der Waals surface area contributed by atoms with Crippen molar-refractivity contribution in [3.05, 3.63) is 42.5 Å². The molecule has 0 bridgehead atoms. The second kappa shape index (κ2) is 5.15. The number of nitrogens with one attached hydrogen (secondary N) is 1. The van der Waals surface area contributed by atoms with Crippen molar-refractivity contribution < 1.29 is 9.18 Å². The van der Waals surface area contributed by atoms with Gasteiger partial charge < -0.3 is 0 Å². The molecule has 0 atom stereocenters. The average Bonchev–Trinajstić information content (AvgIpc) is 2.63. The van der Waals surface area contributed by atoms with Gasteiger partial charge in [-0.1, -0.05) is 0 Å². The Morgan fingerprint density at radius 3 is 3.00 bits per heavy atom. The molecule has 1 N–H and O–H groups in total. The zero-order valence-electron chi connectivity index (χ0n) is 8.80.